The van der Waals surface area contributed by atoms with Gasteiger partial charge in [0.05, 0.1) is 6.10 Å². The predicted molar refractivity (Wildman–Crippen MR) is 75.5 cm³/mol. The van der Waals surface area contributed by atoms with E-state index in [1.54, 1.807) is 6.07 Å². The summed E-state index contributed by atoms with van der Waals surface area (Å²) >= 11 is 0. The molecule has 6 N–H and O–H groups in total. The number of aromatic nitrogens is 2. The molecule has 1 saturated carbocycles. The van der Waals surface area contributed by atoms with Crippen molar-refractivity contribution in [2.45, 2.75) is 39.3 Å². The van der Waals surface area contributed by atoms with Gasteiger partial charge in [0.1, 0.15) is 11.6 Å². The maximum atomic E-state index is 5.70. The normalized spacial score (nSPS) is 24.6. The van der Waals surface area contributed by atoms with Gasteiger partial charge < -0.3 is 21.2 Å². The van der Waals surface area contributed by atoms with E-state index in [2.05, 4.69) is 34.6 Å². The van der Waals surface area contributed by atoms with Crippen LogP contribution in [0.25, 0.3) is 0 Å². The monoisotopic (exact) mass is 266 g/mol. The van der Waals surface area contributed by atoms with Crippen LogP contribution in [-0.4, -0.2) is 28.7 Å². The maximum Gasteiger partial charge on any atom is 0.223 e. The molecule has 0 radical (unpaired) electrons. The molecule has 1 heterocycles. The van der Waals surface area contributed by atoms with E-state index >= 15 is 0 Å². The molecule has 0 bridgehead atoms. The van der Waals surface area contributed by atoms with Gasteiger partial charge in [0, 0.05) is 24.1 Å². The molecule has 19 heavy (non-hydrogen) atoms. The third-order valence-corrected chi connectivity index (χ3v) is 3.76. The Kier molecular flexibility index (Phi) is 3.77. The minimum Gasteiger partial charge on any atom is -0.378 e. The van der Waals surface area contributed by atoms with E-state index in [0.717, 1.165) is 13.0 Å². The van der Waals surface area contributed by atoms with Crippen molar-refractivity contribution < 1.29 is 4.74 Å². The Morgan fingerprint density at radius 3 is 2.68 bits per heavy atom. The van der Waals surface area contributed by atoms with Gasteiger partial charge >= 0.3 is 0 Å². The van der Waals surface area contributed by atoms with E-state index in [1.807, 2.05) is 6.92 Å². The molecule has 0 aromatic carbocycles. The molecular formula is C12H22N6O. The molecule has 7 nitrogen and oxygen atoms in total. The summed E-state index contributed by atoms with van der Waals surface area (Å²) in [6.45, 7) is 7.12. The molecule has 7 heteroatoms. The minimum absolute atomic E-state index is 0.0615. The van der Waals surface area contributed by atoms with Gasteiger partial charge in [-0.1, -0.05) is 13.8 Å². The molecule has 106 valence electrons. The highest BCUT2D eigenvalue weighted by molar-refractivity contribution is 5.51. The van der Waals surface area contributed by atoms with Gasteiger partial charge in [0.25, 0.3) is 0 Å². The van der Waals surface area contributed by atoms with E-state index in [1.165, 1.54) is 0 Å². The smallest absolute Gasteiger partial charge is 0.223 e. The van der Waals surface area contributed by atoms with Crippen LogP contribution < -0.4 is 22.3 Å². The Morgan fingerprint density at radius 1 is 1.42 bits per heavy atom. The first-order chi connectivity index (χ1) is 8.97. The SMILES string of the molecule is CCOC1CC(Nc2cc(NN)nc(N)n2)C1(C)C. The summed E-state index contributed by atoms with van der Waals surface area (Å²) in [5.74, 6) is 6.70. The highest BCUT2D eigenvalue weighted by Crippen LogP contribution is 2.44. The summed E-state index contributed by atoms with van der Waals surface area (Å²) in [5, 5.41) is 3.37. The fraction of sp³-hybridized carbons (Fsp3) is 0.667. The Balaban J connectivity index is 2.05. The average Bonchev–Trinajstić information content (AvgIpc) is 2.37. The third-order valence-electron chi connectivity index (χ3n) is 3.76. The van der Waals surface area contributed by atoms with Crippen molar-refractivity contribution in [3.8, 4) is 0 Å². The topological polar surface area (TPSA) is 111 Å². The summed E-state index contributed by atoms with van der Waals surface area (Å²) in [7, 11) is 0. The lowest BCUT2D eigenvalue weighted by Gasteiger charge is -2.51. The third kappa shape index (κ3) is 2.71. The average molecular weight is 266 g/mol. The van der Waals surface area contributed by atoms with E-state index in [0.29, 0.717) is 17.7 Å². The maximum absolute atomic E-state index is 5.70. The van der Waals surface area contributed by atoms with Crippen LogP contribution in [0.15, 0.2) is 6.07 Å². The molecule has 0 amide bonds. The largest absolute Gasteiger partial charge is 0.378 e. The van der Waals surface area contributed by atoms with Gasteiger partial charge in [-0.05, 0) is 13.3 Å². The number of hydrogen-bond donors (Lipinski definition) is 4. The molecule has 2 rings (SSSR count). The van der Waals surface area contributed by atoms with Gasteiger partial charge in [0.2, 0.25) is 5.95 Å². The molecule has 1 aliphatic carbocycles. The van der Waals surface area contributed by atoms with Crippen LogP contribution >= 0.6 is 0 Å². The molecule has 1 fully saturated rings. The number of anilines is 3. The first-order valence-corrected chi connectivity index (χ1v) is 6.46. The zero-order chi connectivity index (χ0) is 14.0. The second-order valence-electron chi connectivity index (χ2n) is 5.34. The first kappa shape index (κ1) is 13.8. The lowest BCUT2D eigenvalue weighted by molar-refractivity contribution is -0.0976. The summed E-state index contributed by atoms with van der Waals surface area (Å²) in [6.07, 6.45) is 1.23. The zero-order valence-corrected chi connectivity index (χ0v) is 11.6. The number of ether oxygens (including phenoxy) is 1. The number of hydrazine groups is 1. The number of rotatable bonds is 5. The van der Waals surface area contributed by atoms with Crippen LogP contribution in [-0.2, 0) is 4.74 Å². The molecular weight excluding hydrogens is 244 g/mol. The van der Waals surface area contributed by atoms with Crippen molar-refractivity contribution in [2.24, 2.45) is 11.3 Å². The van der Waals surface area contributed by atoms with Crippen molar-refractivity contribution in [3.05, 3.63) is 6.07 Å². The molecule has 2 atom stereocenters. The van der Waals surface area contributed by atoms with Crippen molar-refractivity contribution in [1.29, 1.82) is 0 Å². The van der Waals surface area contributed by atoms with Crippen LogP contribution in [0.4, 0.5) is 17.6 Å². The van der Waals surface area contributed by atoms with Gasteiger partial charge in [-0.25, -0.2) is 5.84 Å². The number of nitrogens with two attached hydrogens (primary N) is 2. The summed E-state index contributed by atoms with van der Waals surface area (Å²) < 4.78 is 5.70. The fourth-order valence-corrected chi connectivity index (χ4v) is 2.41. The summed E-state index contributed by atoms with van der Waals surface area (Å²) in [6, 6.07) is 2.03. The van der Waals surface area contributed by atoms with E-state index < -0.39 is 0 Å². The standard InChI is InChI=1S/C12H22N6O/c1-4-19-8-5-7(12(8,2)3)15-9-6-10(18-14)17-11(13)16-9/h6-8H,4-5,14H2,1-3H3,(H4,13,15,16,17,18). The van der Waals surface area contributed by atoms with Gasteiger partial charge in [-0.3, -0.25) is 0 Å². The number of nitrogens with one attached hydrogen (secondary N) is 2. The van der Waals surface area contributed by atoms with Crippen molar-refractivity contribution in [2.75, 3.05) is 23.1 Å². The highest BCUT2D eigenvalue weighted by Gasteiger charge is 2.49. The Bertz CT molecular complexity index is 450. The van der Waals surface area contributed by atoms with Crippen LogP contribution in [0.1, 0.15) is 27.2 Å². The van der Waals surface area contributed by atoms with E-state index in [9.17, 15) is 0 Å². The second-order valence-corrected chi connectivity index (χ2v) is 5.34. The molecule has 0 saturated heterocycles. The lowest BCUT2D eigenvalue weighted by Crippen LogP contribution is -2.58. The first-order valence-electron chi connectivity index (χ1n) is 6.46. The van der Waals surface area contributed by atoms with Crippen LogP contribution in [0, 0.1) is 5.41 Å². The number of nitrogens with zero attached hydrogens (tertiary/aromatic N) is 2. The predicted octanol–water partition coefficient (Wildman–Crippen LogP) is 0.960. The van der Waals surface area contributed by atoms with Crippen molar-refractivity contribution in [1.82, 2.24) is 9.97 Å². The van der Waals surface area contributed by atoms with Crippen LogP contribution in [0.2, 0.25) is 0 Å². The Hall–Kier alpha value is -1.60. The van der Waals surface area contributed by atoms with Gasteiger partial charge in [-0.15, -0.1) is 0 Å². The van der Waals surface area contributed by atoms with Crippen LogP contribution in [0.3, 0.4) is 0 Å². The highest BCUT2D eigenvalue weighted by atomic mass is 16.5. The molecule has 2 unspecified atom stereocenters. The molecule has 1 aliphatic rings. The van der Waals surface area contributed by atoms with Crippen molar-refractivity contribution in [3.63, 3.8) is 0 Å². The second kappa shape index (κ2) is 5.18. The summed E-state index contributed by atoms with van der Waals surface area (Å²) in [5.41, 5.74) is 8.16. The molecule has 0 spiro atoms. The Labute approximate surface area is 113 Å². The molecule has 0 aliphatic heterocycles. The number of hydrogen-bond acceptors (Lipinski definition) is 7. The lowest BCUT2D eigenvalue weighted by atomic mass is 9.64. The van der Waals surface area contributed by atoms with Gasteiger partial charge in [-0.2, -0.15) is 9.97 Å². The summed E-state index contributed by atoms with van der Waals surface area (Å²) in [4.78, 5) is 8.11. The fourth-order valence-electron chi connectivity index (χ4n) is 2.41. The quantitative estimate of drug-likeness (QED) is 0.464. The minimum atomic E-state index is 0.0615. The van der Waals surface area contributed by atoms with Gasteiger partial charge in [0.15, 0.2) is 0 Å². The van der Waals surface area contributed by atoms with Crippen molar-refractivity contribution >= 4 is 17.6 Å². The molecule has 1 aromatic heterocycles. The molecule has 1 aromatic rings. The number of nitrogen functional groups attached to an aromatic ring is 2. The Morgan fingerprint density at radius 2 is 2.11 bits per heavy atom. The van der Waals surface area contributed by atoms with Crippen LogP contribution in [0.5, 0.6) is 0 Å². The zero-order valence-electron chi connectivity index (χ0n) is 11.6. The van der Waals surface area contributed by atoms with E-state index in [-0.39, 0.29) is 17.5 Å². The van der Waals surface area contributed by atoms with E-state index in [4.69, 9.17) is 16.3 Å².